The molecule has 1 aromatic rings. The first kappa shape index (κ1) is 21.4. The van der Waals surface area contributed by atoms with Gasteiger partial charge in [0.2, 0.25) is 10.0 Å². The summed E-state index contributed by atoms with van der Waals surface area (Å²) in [6.07, 6.45) is 7.20. The zero-order valence-electron chi connectivity index (χ0n) is 18.5. The third-order valence-corrected chi connectivity index (χ3v) is 10.4. The van der Waals surface area contributed by atoms with Crippen LogP contribution in [0.25, 0.3) is 0 Å². The summed E-state index contributed by atoms with van der Waals surface area (Å²) < 4.78 is 34.2. The molecule has 0 radical (unpaired) electrons. The molecule has 8 nitrogen and oxygen atoms in total. The van der Waals surface area contributed by atoms with E-state index in [4.69, 9.17) is 4.52 Å². The van der Waals surface area contributed by atoms with E-state index in [1.807, 2.05) is 11.2 Å². The lowest BCUT2D eigenvalue weighted by Gasteiger charge is -2.41. The van der Waals surface area contributed by atoms with Crippen LogP contribution in [0.5, 0.6) is 0 Å². The highest BCUT2D eigenvalue weighted by Crippen LogP contribution is 2.41. The van der Waals surface area contributed by atoms with Gasteiger partial charge in [-0.1, -0.05) is 5.16 Å². The number of hydrogen-bond acceptors (Lipinski definition) is 6. The fraction of sp³-hybridized carbons (Fsp3) is 0.818. The Morgan fingerprint density at radius 3 is 2.39 bits per heavy atom. The largest absolute Gasteiger partial charge is 0.360 e. The van der Waals surface area contributed by atoms with Gasteiger partial charge >= 0.3 is 0 Å². The maximum Gasteiger partial charge on any atom is 0.273 e. The number of rotatable bonds is 6. The fourth-order valence-corrected chi connectivity index (χ4v) is 8.17. The van der Waals surface area contributed by atoms with Gasteiger partial charge in [-0.15, -0.1) is 0 Å². The molecule has 1 N–H and O–H groups in total. The van der Waals surface area contributed by atoms with Crippen molar-refractivity contribution in [2.24, 2.45) is 5.92 Å². The Balaban J connectivity index is 1.22. The Bertz CT molecular complexity index is 906. The highest BCUT2D eigenvalue weighted by Gasteiger charge is 2.49. The summed E-state index contributed by atoms with van der Waals surface area (Å²) in [7, 11) is -1.25. The number of sulfonamides is 1. The van der Waals surface area contributed by atoms with Gasteiger partial charge in [0.1, 0.15) is 5.76 Å². The number of aromatic nitrogens is 1. The van der Waals surface area contributed by atoms with Gasteiger partial charge in [0, 0.05) is 30.1 Å². The highest BCUT2D eigenvalue weighted by atomic mass is 32.2. The van der Waals surface area contributed by atoms with E-state index in [1.165, 1.54) is 0 Å². The summed E-state index contributed by atoms with van der Waals surface area (Å²) >= 11 is 0. The molecule has 5 rings (SSSR count). The average Bonchev–Trinajstić information content (AvgIpc) is 3.40. The smallest absolute Gasteiger partial charge is 0.273 e. The summed E-state index contributed by atoms with van der Waals surface area (Å²) in [5, 5.41) is 6.68. The zero-order chi connectivity index (χ0) is 21.8. The van der Waals surface area contributed by atoms with Crippen LogP contribution in [-0.2, 0) is 10.0 Å². The van der Waals surface area contributed by atoms with Crippen LogP contribution in [0, 0.1) is 5.92 Å². The molecule has 4 fully saturated rings. The van der Waals surface area contributed by atoms with E-state index in [1.54, 1.807) is 6.07 Å². The van der Waals surface area contributed by atoms with Crippen LogP contribution in [0.2, 0.25) is 0 Å². The first-order valence-corrected chi connectivity index (χ1v) is 13.3. The van der Waals surface area contributed by atoms with Crippen molar-refractivity contribution in [3.8, 4) is 0 Å². The Morgan fingerprint density at radius 2 is 1.77 bits per heavy atom. The van der Waals surface area contributed by atoms with E-state index < -0.39 is 10.0 Å². The maximum absolute atomic E-state index is 13.6. The van der Waals surface area contributed by atoms with Crippen molar-refractivity contribution < 1.29 is 17.7 Å². The summed E-state index contributed by atoms with van der Waals surface area (Å²) in [6.45, 7) is 3.84. The topological polar surface area (TPSA) is 95.8 Å². The van der Waals surface area contributed by atoms with E-state index >= 15 is 0 Å². The molecule has 3 aliphatic heterocycles. The molecule has 1 aliphatic carbocycles. The third kappa shape index (κ3) is 4.16. The van der Waals surface area contributed by atoms with E-state index in [0.29, 0.717) is 24.5 Å². The van der Waals surface area contributed by atoms with E-state index in [0.717, 1.165) is 57.4 Å². The van der Waals surface area contributed by atoms with Gasteiger partial charge in [-0.3, -0.25) is 4.79 Å². The van der Waals surface area contributed by atoms with Gasteiger partial charge in [0.15, 0.2) is 5.69 Å². The fourth-order valence-electron chi connectivity index (χ4n) is 5.82. The zero-order valence-corrected chi connectivity index (χ0v) is 19.3. The number of fused-ring (bicyclic) bond motifs is 2. The Kier molecular flexibility index (Phi) is 5.63. The molecule has 4 heterocycles. The molecule has 172 valence electrons. The Morgan fingerprint density at radius 1 is 1.13 bits per heavy atom. The lowest BCUT2D eigenvalue weighted by atomic mass is 9.94. The number of carbonyl (C=O) groups excluding carboxylic acids is 1. The monoisotopic (exact) mass is 450 g/mol. The standard InChI is InChI=1S/C22H34N4O4S/c1-14(15-7-9-25(2)10-8-15)31(28,29)26-18-5-6-19(26)12-17(11-18)23-22(27)20-13-21(30-24-20)16-3-4-16/h13-19H,3-12H2,1-2H3,(H,23,27)/t14-,17-,18+,19-/m0/s1. The molecule has 1 saturated carbocycles. The molecule has 0 spiro atoms. The predicted octanol–water partition coefficient (Wildman–Crippen LogP) is 2.34. The van der Waals surface area contributed by atoms with Crippen molar-refractivity contribution in [3.63, 3.8) is 0 Å². The van der Waals surface area contributed by atoms with Crippen molar-refractivity contribution in [1.29, 1.82) is 0 Å². The predicted molar refractivity (Wildman–Crippen MR) is 116 cm³/mol. The number of likely N-dealkylation sites (tertiary alicyclic amines) is 1. The van der Waals surface area contributed by atoms with Crippen LogP contribution in [0.15, 0.2) is 10.6 Å². The van der Waals surface area contributed by atoms with Crippen molar-refractivity contribution in [3.05, 3.63) is 17.5 Å². The molecule has 31 heavy (non-hydrogen) atoms. The second-order valence-electron chi connectivity index (χ2n) is 10.1. The highest BCUT2D eigenvalue weighted by molar-refractivity contribution is 7.89. The number of nitrogens with one attached hydrogen (secondary N) is 1. The quantitative estimate of drug-likeness (QED) is 0.715. The van der Waals surface area contributed by atoms with Crippen molar-refractivity contribution in [1.82, 2.24) is 19.7 Å². The van der Waals surface area contributed by atoms with Gasteiger partial charge in [-0.2, -0.15) is 4.31 Å². The maximum atomic E-state index is 13.6. The van der Waals surface area contributed by atoms with Crippen LogP contribution in [0.3, 0.4) is 0 Å². The van der Waals surface area contributed by atoms with Crippen LogP contribution in [0.4, 0.5) is 0 Å². The average molecular weight is 451 g/mol. The van der Waals surface area contributed by atoms with E-state index in [-0.39, 0.29) is 35.2 Å². The van der Waals surface area contributed by atoms with Crippen molar-refractivity contribution in [2.45, 2.75) is 87.6 Å². The SMILES string of the molecule is C[C@@H](C1CCN(C)CC1)S(=O)(=O)N1[C@@H]2CC[C@H]1C[C@@H](NC(=O)c1cc(C3CC3)on1)C2. The molecule has 9 heteroatoms. The van der Waals surface area contributed by atoms with Gasteiger partial charge in [0.05, 0.1) is 5.25 Å². The summed E-state index contributed by atoms with van der Waals surface area (Å²) in [6, 6.07) is 1.71. The van der Waals surface area contributed by atoms with Crippen molar-refractivity contribution in [2.75, 3.05) is 20.1 Å². The minimum absolute atomic E-state index is 0.0119. The lowest BCUT2D eigenvalue weighted by molar-refractivity contribution is 0.0899. The summed E-state index contributed by atoms with van der Waals surface area (Å²) in [5.74, 6) is 1.24. The minimum Gasteiger partial charge on any atom is -0.360 e. The molecular weight excluding hydrogens is 416 g/mol. The Hall–Kier alpha value is -1.45. The molecule has 4 atom stereocenters. The molecule has 1 amide bonds. The Labute approximate surface area is 184 Å². The van der Waals surface area contributed by atoms with Gasteiger partial charge in [-0.05, 0) is 84.3 Å². The first-order chi connectivity index (χ1) is 14.8. The lowest BCUT2D eigenvalue weighted by Crippen LogP contribution is -2.55. The van der Waals surface area contributed by atoms with Gasteiger partial charge in [-0.25, -0.2) is 8.42 Å². The molecule has 4 aliphatic rings. The van der Waals surface area contributed by atoms with Crippen LogP contribution < -0.4 is 5.32 Å². The number of carbonyl (C=O) groups is 1. The molecule has 0 unspecified atom stereocenters. The normalized spacial score (nSPS) is 31.6. The molecule has 2 bridgehead atoms. The number of nitrogens with zero attached hydrogens (tertiary/aromatic N) is 3. The summed E-state index contributed by atoms with van der Waals surface area (Å²) in [5.41, 5.74) is 0.334. The van der Waals surface area contributed by atoms with E-state index in [2.05, 4.69) is 22.4 Å². The molecular formula is C22H34N4O4S. The van der Waals surface area contributed by atoms with Gasteiger partial charge in [0.25, 0.3) is 5.91 Å². The third-order valence-electron chi connectivity index (χ3n) is 7.93. The number of hydrogen-bond donors (Lipinski definition) is 1. The number of piperidine rings is 2. The van der Waals surface area contributed by atoms with Crippen molar-refractivity contribution >= 4 is 15.9 Å². The second-order valence-corrected chi connectivity index (χ2v) is 12.3. The summed E-state index contributed by atoms with van der Waals surface area (Å²) in [4.78, 5) is 14.9. The van der Waals surface area contributed by atoms with Crippen LogP contribution in [-0.4, -0.2) is 72.2 Å². The molecule has 0 aromatic carbocycles. The molecule has 1 aromatic heterocycles. The first-order valence-electron chi connectivity index (χ1n) is 11.8. The van der Waals surface area contributed by atoms with E-state index in [9.17, 15) is 13.2 Å². The van der Waals surface area contributed by atoms with Gasteiger partial charge < -0.3 is 14.7 Å². The van der Waals surface area contributed by atoms with Crippen LogP contribution >= 0.6 is 0 Å². The number of amides is 1. The second kappa shape index (κ2) is 8.15. The van der Waals surface area contributed by atoms with Crippen LogP contribution in [0.1, 0.15) is 80.5 Å². The molecule has 3 saturated heterocycles. The minimum atomic E-state index is -3.34.